The van der Waals surface area contributed by atoms with Crippen LogP contribution in [0.25, 0.3) is 0 Å². The van der Waals surface area contributed by atoms with Gasteiger partial charge in [-0.25, -0.2) is 0 Å². The molecule has 1 aliphatic heterocycles. The van der Waals surface area contributed by atoms with E-state index in [0.29, 0.717) is 13.2 Å². The molecule has 1 N–H and O–H groups in total. The van der Waals surface area contributed by atoms with Crippen LogP contribution in [0.3, 0.4) is 0 Å². The van der Waals surface area contributed by atoms with E-state index in [1.807, 2.05) is 6.07 Å². The van der Waals surface area contributed by atoms with Crippen LogP contribution in [0.1, 0.15) is 18.4 Å². The molecule has 98 valence electrons. The van der Waals surface area contributed by atoms with Crippen molar-refractivity contribution in [1.29, 1.82) is 0 Å². The summed E-state index contributed by atoms with van der Waals surface area (Å²) < 4.78 is 11.7. The third-order valence-corrected chi connectivity index (χ3v) is 5.19. The van der Waals surface area contributed by atoms with Crippen molar-refractivity contribution < 1.29 is 14.6 Å². The van der Waals surface area contributed by atoms with E-state index in [0.717, 1.165) is 23.1 Å². The maximum atomic E-state index is 9.70. The average Bonchev–Trinajstić information content (AvgIpc) is 3.09. The Bertz CT molecular complexity index is 464. The van der Waals surface area contributed by atoms with Crippen molar-refractivity contribution in [3.63, 3.8) is 0 Å². The molecule has 0 amide bonds. The molecule has 0 atom stereocenters. The number of aliphatic hydroxyl groups excluding tert-OH is 1. The maximum Gasteiger partial charge on any atom is 0.133 e. The SMILES string of the molecule is COc1ccc(C2(C3(CO)CC3)COC2)cc1Br. The van der Waals surface area contributed by atoms with Crippen molar-refractivity contribution in [2.24, 2.45) is 5.41 Å². The fourth-order valence-electron chi connectivity index (χ4n) is 2.99. The first kappa shape index (κ1) is 12.5. The fraction of sp³-hybridized carbons (Fsp3) is 0.571. The zero-order chi connectivity index (χ0) is 12.8. The molecule has 1 saturated heterocycles. The normalized spacial score (nSPS) is 23.3. The monoisotopic (exact) mass is 312 g/mol. The second-order valence-corrected chi connectivity index (χ2v) is 6.22. The summed E-state index contributed by atoms with van der Waals surface area (Å²) in [6.45, 7) is 1.68. The molecule has 1 heterocycles. The predicted octanol–water partition coefficient (Wildman–Crippen LogP) is 2.50. The third kappa shape index (κ3) is 1.55. The van der Waals surface area contributed by atoms with Crippen LogP contribution < -0.4 is 4.74 Å². The van der Waals surface area contributed by atoms with Crippen LogP contribution in [-0.2, 0) is 10.2 Å². The molecule has 1 saturated carbocycles. The highest BCUT2D eigenvalue weighted by Crippen LogP contribution is 2.62. The number of methoxy groups -OCH3 is 1. The lowest BCUT2D eigenvalue weighted by atomic mass is 9.66. The van der Waals surface area contributed by atoms with E-state index in [-0.39, 0.29) is 17.4 Å². The van der Waals surface area contributed by atoms with Gasteiger partial charge in [-0.3, -0.25) is 0 Å². The molecule has 0 bridgehead atoms. The zero-order valence-electron chi connectivity index (χ0n) is 10.4. The van der Waals surface area contributed by atoms with Gasteiger partial charge in [0.2, 0.25) is 0 Å². The van der Waals surface area contributed by atoms with Gasteiger partial charge in [-0.1, -0.05) is 6.07 Å². The molecular weight excluding hydrogens is 296 g/mol. The van der Waals surface area contributed by atoms with Crippen LogP contribution in [0.2, 0.25) is 0 Å². The number of ether oxygens (including phenoxy) is 2. The van der Waals surface area contributed by atoms with Gasteiger partial charge in [0.25, 0.3) is 0 Å². The summed E-state index contributed by atoms with van der Waals surface area (Å²) in [7, 11) is 1.66. The molecule has 0 radical (unpaired) electrons. The summed E-state index contributed by atoms with van der Waals surface area (Å²) in [6.07, 6.45) is 2.19. The predicted molar refractivity (Wildman–Crippen MR) is 71.9 cm³/mol. The zero-order valence-corrected chi connectivity index (χ0v) is 12.0. The van der Waals surface area contributed by atoms with Gasteiger partial charge >= 0.3 is 0 Å². The number of rotatable bonds is 4. The lowest BCUT2D eigenvalue weighted by Gasteiger charge is -2.48. The minimum Gasteiger partial charge on any atom is -0.496 e. The van der Waals surface area contributed by atoms with Crippen LogP contribution in [0, 0.1) is 5.41 Å². The molecule has 0 spiro atoms. The molecule has 0 unspecified atom stereocenters. The largest absolute Gasteiger partial charge is 0.496 e. The first-order valence-electron chi connectivity index (χ1n) is 6.20. The number of halogens is 1. The molecule has 1 aromatic rings. The van der Waals surface area contributed by atoms with E-state index in [1.165, 1.54) is 5.56 Å². The van der Waals surface area contributed by atoms with Crippen molar-refractivity contribution in [3.8, 4) is 5.75 Å². The first-order valence-corrected chi connectivity index (χ1v) is 6.99. The molecule has 3 nitrogen and oxygen atoms in total. The van der Waals surface area contributed by atoms with Crippen molar-refractivity contribution in [1.82, 2.24) is 0 Å². The second kappa shape index (κ2) is 4.22. The molecule has 4 heteroatoms. The Kier molecular flexibility index (Phi) is 2.92. The minimum absolute atomic E-state index is 0.00343. The van der Waals surface area contributed by atoms with Gasteiger partial charge in [0.05, 0.1) is 24.8 Å². The summed E-state index contributed by atoms with van der Waals surface area (Å²) in [5.74, 6) is 0.836. The Morgan fingerprint density at radius 1 is 1.39 bits per heavy atom. The van der Waals surface area contributed by atoms with Crippen LogP contribution in [0.15, 0.2) is 22.7 Å². The smallest absolute Gasteiger partial charge is 0.133 e. The Balaban J connectivity index is 2.00. The Morgan fingerprint density at radius 3 is 2.50 bits per heavy atom. The van der Waals surface area contributed by atoms with Crippen LogP contribution in [0.4, 0.5) is 0 Å². The van der Waals surface area contributed by atoms with E-state index in [2.05, 4.69) is 28.1 Å². The van der Waals surface area contributed by atoms with Gasteiger partial charge in [0.15, 0.2) is 0 Å². The van der Waals surface area contributed by atoms with E-state index in [4.69, 9.17) is 9.47 Å². The number of hydrogen-bond acceptors (Lipinski definition) is 3. The molecule has 18 heavy (non-hydrogen) atoms. The van der Waals surface area contributed by atoms with Crippen molar-refractivity contribution >= 4 is 15.9 Å². The summed E-state index contributed by atoms with van der Waals surface area (Å²) in [4.78, 5) is 0. The van der Waals surface area contributed by atoms with Gasteiger partial charge in [0, 0.05) is 17.4 Å². The van der Waals surface area contributed by atoms with E-state index in [1.54, 1.807) is 7.11 Å². The number of benzene rings is 1. The standard InChI is InChI=1S/C14H17BrO3/c1-17-12-3-2-10(6-11(12)15)14(8-18-9-14)13(7-16)4-5-13/h2-3,6,16H,4-5,7-9H2,1H3. The molecule has 0 aromatic heterocycles. The van der Waals surface area contributed by atoms with Gasteiger partial charge in [0.1, 0.15) is 5.75 Å². The molecule has 2 aliphatic rings. The minimum atomic E-state index is -0.00343. The fourth-order valence-corrected chi connectivity index (χ4v) is 3.53. The number of hydrogen-bond donors (Lipinski definition) is 1. The van der Waals surface area contributed by atoms with Crippen LogP contribution >= 0.6 is 15.9 Å². The summed E-state index contributed by atoms with van der Waals surface area (Å²) in [5, 5.41) is 9.70. The van der Waals surface area contributed by atoms with E-state index >= 15 is 0 Å². The molecule has 1 aromatic carbocycles. The highest BCUT2D eigenvalue weighted by molar-refractivity contribution is 9.10. The van der Waals surface area contributed by atoms with Gasteiger partial charge in [-0.2, -0.15) is 0 Å². The van der Waals surface area contributed by atoms with Crippen molar-refractivity contribution in [2.45, 2.75) is 18.3 Å². The van der Waals surface area contributed by atoms with E-state index < -0.39 is 0 Å². The second-order valence-electron chi connectivity index (χ2n) is 5.36. The summed E-state index contributed by atoms with van der Waals surface area (Å²) >= 11 is 3.53. The highest BCUT2D eigenvalue weighted by atomic mass is 79.9. The van der Waals surface area contributed by atoms with E-state index in [9.17, 15) is 5.11 Å². The lowest BCUT2D eigenvalue weighted by Crippen LogP contribution is -2.55. The lowest BCUT2D eigenvalue weighted by molar-refractivity contribution is -0.110. The Morgan fingerprint density at radius 2 is 2.11 bits per heavy atom. The van der Waals surface area contributed by atoms with Crippen LogP contribution in [-0.4, -0.2) is 32.0 Å². The molecular formula is C14H17BrO3. The quantitative estimate of drug-likeness (QED) is 0.928. The Labute approximate surface area is 115 Å². The maximum absolute atomic E-state index is 9.70. The third-order valence-electron chi connectivity index (χ3n) is 4.57. The molecule has 1 aliphatic carbocycles. The van der Waals surface area contributed by atoms with Crippen molar-refractivity contribution in [3.05, 3.63) is 28.2 Å². The summed E-state index contributed by atoms with van der Waals surface area (Å²) in [6, 6.07) is 6.19. The van der Waals surface area contributed by atoms with Crippen LogP contribution in [0.5, 0.6) is 5.75 Å². The molecule has 2 fully saturated rings. The first-order chi connectivity index (χ1) is 8.67. The van der Waals surface area contributed by atoms with Gasteiger partial charge in [-0.05, 0) is 46.5 Å². The summed E-state index contributed by atoms with van der Waals surface area (Å²) in [5.41, 5.74) is 1.28. The number of aliphatic hydroxyl groups is 1. The average molecular weight is 313 g/mol. The highest BCUT2D eigenvalue weighted by Gasteiger charge is 2.63. The van der Waals surface area contributed by atoms with Crippen molar-refractivity contribution in [2.75, 3.05) is 26.9 Å². The molecule has 3 rings (SSSR count). The Hall–Kier alpha value is -0.580. The topological polar surface area (TPSA) is 38.7 Å². The van der Waals surface area contributed by atoms with Gasteiger partial charge in [-0.15, -0.1) is 0 Å². The van der Waals surface area contributed by atoms with Gasteiger partial charge < -0.3 is 14.6 Å².